The van der Waals surface area contributed by atoms with Crippen LogP contribution in [-0.4, -0.2) is 4.98 Å². The molecule has 0 N–H and O–H groups in total. The van der Waals surface area contributed by atoms with E-state index in [4.69, 9.17) is 0 Å². The number of pyridine rings is 1. The van der Waals surface area contributed by atoms with Gasteiger partial charge in [0.15, 0.2) is 0 Å². The summed E-state index contributed by atoms with van der Waals surface area (Å²) in [5.74, 6) is 0. The quantitative estimate of drug-likeness (QED) is 0.364. The standard InChI is InChI=1S/C25H21N2/c1-4-10-23(11-5-1)27(24-12-6-2-7-13-24,25-14-8-3-9-15-25)21-18-22-16-19-26-20-17-22/h1-21H/q+1/b21-18+. The Kier molecular flexibility index (Phi) is 4.91. The van der Waals surface area contributed by atoms with Crippen LogP contribution < -0.4 is 4.48 Å². The maximum atomic E-state index is 4.13. The predicted molar refractivity (Wildman–Crippen MR) is 114 cm³/mol. The lowest BCUT2D eigenvalue weighted by Gasteiger charge is -2.33. The molecular weight excluding hydrogens is 328 g/mol. The topological polar surface area (TPSA) is 12.9 Å². The van der Waals surface area contributed by atoms with Crippen molar-refractivity contribution in [2.75, 3.05) is 0 Å². The fraction of sp³-hybridized carbons (Fsp3) is 0. The highest BCUT2D eigenvalue weighted by atomic mass is 15.4. The largest absolute Gasteiger partial charge is 0.265 e. The normalized spacial score (nSPS) is 11.6. The monoisotopic (exact) mass is 349 g/mol. The van der Waals surface area contributed by atoms with Crippen molar-refractivity contribution in [3.8, 4) is 0 Å². The molecular formula is C25H21N2+. The van der Waals surface area contributed by atoms with E-state index in [1.54, 1.807) is 0 Å². The Morgan fingerprint density at radius 3 is 1.33 bits per heavy atom. The van der Waals surface area contributed by atoms with Gasteiger partial charge in [0, 0.05) is 48.8 Å². The fourth-order valence-electron chi connectivity index (χ4n) is 3.37. The average molecular weight is 349 g/mol. The zero-order chi connectivity index (χ0) is 18.4. The first-order valence-electron chi connectivity index (χ1n) is 9.04. The lowest BCUT2D eigenvalue weighted by Crippen LogP contribution is -2.32. The third-order valence-corrected chi connectivity index (χ3v) is 4.69. The molecule has 0 unspecified atom stereocenters. The van der Waals surface area contributed by atoms with Crippen LogP contribution in [0.3, 0.4) is 0 Å². The predicted octanol–water partition coefficient (Wildman–Crippen LogP) is 6.72. The number of hydrogen-bond donors (Lipinski definition) is 0. The molecule has 27 heavy (non-hydrogen) atoms. The Morgan fingerprint density at radius 2 is 0.926 bits per heavy atom. The van der Waals surface area contributed by atoms with Crippen LogP contribution >= 0.6 is 0 Å². The van der Waals surface area contributed by atoms with Gasteiger partial charge in [-0.25, -0.2) is 4.48 Å². The number of nitrogens with zero attached hydrogens (tertiary/aromatic N) is 2. The molecule has 0 radical (unpaired) electrons. The van der Waals surface area contributed by atoms with Gasteiger partial charge < -0.3 is 0 Å². The molecule has 4 aromatic rings. The summed E-state index contributed by atoms with van der Waals surface area (Å²) < 4.78 is 0.505. The molecule has 1 aromatic heterocycles. The van der Waals surface area contributed by atoms with Gasteiger partial charge in [0.1, 0.15) is 23.3 Å². The second-order valence-electron chi connectivity index (χ2n) is 6.33. The number of hydrogen-bond acceptors (Lipinski definition) is 1. The number of rotatable bonds is 5. The van der Waals surface area contributed by atoms with E-state index in [1.807, 2.05) is 24.5 Å². The lowest BCUT2D eigenvalue weighted by molar-refractivity contribution is 0.692. The van der Waals surface area contributed by atoms with Crippen molar-refractivity contribution in [3.63, 3.8) is 0 Å². The summed E-state index contributed by atoms with van der Waals surface area (Å²) in [7, 11) is 0. The molecule has 0 aliphatic rings. The molecule has 0 fully saturated rings. The van der Waals surface area contributed by atoms with Crippen LogP contribution in [0.2, 0.25) is 0 Å². The molecule has 0 atom stereocenters. The second-order valence-corrected chi connectivity index (χ2v) is 6.33. The zero-order valence-corrected chi connectivity index (χ0v) is 15.0. The minimum Gasteiger partial charge on any atom is -0.265 e. The summed E-state index contributed by atoms with van der Waals surface area (Å²) >= 11 is 0. The number of quaternary nitrogens is 1. The Hall–Kier alpha value is -3.49. The first-order chi connectivity index (χ1) is 13.4. The third kappa shape index (κ3) is 3.43. The Balaban J connectivity index is 1.99. The summed E-state index contributed by atoms with van der Waals surface area (Å²) in [5, 5.41) is 0. The highest BCUT2D eigenvalue weighted by Crippen LogP contribution is 2.44. The Morgan fingerprint density at radius 1 is 0.519 bits per heavy atom. The van der Waals surface area contributed by atoms with E-state index in [9.17, 15) is 0 Å². The molecule has 3 aromatic carbocycles. The summed E-state index contributed by atoms with van der Waals surface area (Å²) in [4.78, 5) is 4.13. The van der Waals surface area contributed by atoms with E-state index >= 15 is 0 Å². The highest BCUT2D eigenvalue weighted by molar-refractivity contribution is 5.75. The molecule has 1 heterocycles. The van der Waals surface area contributed by atoms with Gasteiger partial charge in [0.25, 0.3) is 0 Å². The van der Waals surface area contributed by atoms with E-state index in [2.05, 4.69) is 108 Å². The molecule has 0 aliphatic heterocycles. The van der Waals surface area contributed by atoms with Crippen molar-refractivity contribution in [2.24, 2.45) is 0 Å². The van der Waals surface area contributed by atoms with Crippen molar-refractivity contribution in [3.05, 3.63) is 127 Å². The molecule has 2 nitrogen and oxygen atoms in total. The molecule has 0 saturated heterocycles. The van der Waals surface area contributed by atoms with Crippen molar-refractivity contribution in [1.29, 1.82) is 0 Å². The first kappa shape index (κ1) is 17.0. The van der Waals surface area contributed by atoms with Crippen molar-refractivity contribution >= 4 is 23.1 Å². The van der Waals surface area contributed by atoms with Gasteiger partial charge in [0.05, 0.1) is 0 Å². The average Bonchev–Trinajstić information content (AvgIpc) is 2.77. The van der Waals surface area contributed by atoms with Gasteiger partial charge in [-0.05, 0) is 23.8 Å². The van der Waals surface area contributed by atoms with Gasteiger partial charge in [0.2, 0.25) is 0 Å². The van der Waals surface area contributed by atoms with Crippen molar-refractivity contribution in [2.45, 2.75) is 0 Å². The number of aromatic nitrogens is 1. The van der Waals surface area contributed by atoms with Crippen LogP contribution in [0.4, 0.5) is 17.1 Å². The summed E-state index contributed by atoms with van der Waals surface area (Å²) in [6.07, 6.45) is 8.05. The van der Waals surface area contributed by atoms with Crippen molar-refractivity contribution in [1.82, 2.24) is 9.47 Å². The van der Waals surface area contributed by atoms with Gasteiger partial charge in [-0.3, -0.25) is 4.98 Å². The van der Waals surface area contributed by atoms with Crippen LogP contribution in [0, 0.1) is 0 Å². The van der Waals surface area contributed by atoms with Crippen LogP contribution in [0.25, 0.3) is 6.08 Å². The minimum atomic E-state index is 0.505. The molecule has 0 amide bonds. The fourth-order valence-corrected chi connectivity index (χ4v) is 3.37. The molecule has 130 valence electrons. The number of para-hydroxylation sites is 3. The summed E-state index contributed by atoms with van der Waals surface area (Å²) in [6.45, 7) is 0. The molecule has 0 bridgehead atoms. The highest BCUT2D eigenvalue weighted by Gasteiger charge is 2.33. The SMILES string of the molecule is C(=C\[N+](c1ccccc1)(c1ccccc1)c1ccccc1)/c1ccncc1. The van der Waals surface area contributed by atoms with E-state index in [0.717, 1.165) is 5.56 Å². The molecule has 0 aliphatic carbocycles. The van der Waals surface area contributed by atoms with Crippen LogP contribution in [0.5, 0.6) is 0 Å². The van der Waals surface area contributed by atoms with Gasteiger partial charge in [-0.15, -0.1) is 0 Å². The minimum absolute atomic E-state index is 0.505. The van der Waals surface area contributed by atoms with E-state index in [1.165, 1.54) is 17.1 Å². The van der Waals surface area contributed by atoms with Crippen LogP contribution in [0.1, 0.15) is 5.56 Å². The van der Waals surface area contributed by atoms with Gasteiger partial charge >= 0.3 is 0 Å². The Bertz CT molecular complexity index is 898. The van der Waals surface area contributed by atoms with Crippen LogP contribution in [-0.2, 0) is 0 Å². The maximum absolute atomic E-state index is 4.13. The van der Waals surface area contributed by atoms with Crippen LogP contribution in [0.15, 0.2) is 122 Å². The smallest absolute Gasteiger partial charge is 0.147 e. The van der Waals surface area contributed by atoms with Gasteiger partial charge in [-0.2, -0.15) is 0 Å². The van der Waals surface area contributed by atoms with E-state index in [-0.39, 0.29) is 0 Å². The molecule has 0 saturated carbocycles. The Labute approximate surface area is 160 Å². The van der Waals surface area contributed by atoms with Gasteiger partial charge in [-0.1, -0.05) is 54.6 Å². The van der Waals surface area contributed by atoms with Crippen molar-refractivity contribution < 1.29 is 0 Å². The third-order valence-electron chi connectivity index (χ3n) is 4.69. The first-order valence-corrected chi connectivity index (χ1v) is 9.04. The summed E-state index contributed by atoms with van der Waals surface area (Å²) in [6, 6.07) is 35.8. The number of benzene rings is 3. The molecule has 4 rings (SSSR count). The lowest BCUT2D eigenvalue weighted by atomic mass is 10.1. The molecule has 0 spiro atoms. The van der Waals surface area contributed by atoms with E-state index in [0.29, 0.717) is 4.48 Å². The molecule has 2 heteroatoms. The maximum Gasteiger partial charge on any atom is 0.147 e. The second kappa shape index (κ2) is 7.81. The summed E-state index contributed by atoms with van der Waals surface area (Å²) in [5.41, 5.74) is 4.66. The van der Waals surface area contributed by atoms with E-state index < -0.39 is 0 Å². The zero-order valence-electron chi connectivity index (χ0n) is 15.0.